The summed E-state index contributed by atoms with van der Waals surface area (Å²) in [6.45, 7) is 1.08. The van der Waals surface area contributed by atoms with Crippen molar-refractivity contribution in [1.82, 2.24) is 5.32 Å². The van der Waals surface area contributed by atoms with Crippen LogP contribution in [0.1, 0.15) is 23.5 Å². The van der Waals surface area contributed by atoms with Gasteiger partial charge < -0.3 is 24.6 Å². The van der Waals surface area contributed by atoms with Crippen LogP contribution in [0.25, 0.3) is 0 Å². The van der Waals surface area contributed by atoms with Crippen molar-refractivity contribution in [2.45, 2.75) is 25.2 Å². The highest BCUT2D eigenvalue weighted by Crippen LogP contribution is 2.31. The van der Waals surface area contributed by atoms with Gasteiger partial charge in [0.25, 0.3) is 5.91 Å². The van der Waals surface area contributed by atoms with Gasteiger partial charge in [-0.1, -0.05) is 42.5 Å². The second kappa shape index (κ2) is 11.4. The number of amides is 1. The summed E-state index contributed by atoms with van der Waals surface area (Å²) in [5.74, 6) is -0.518. The van der Waals surface area contributed by atoms with Gasteiger partial charge in [0.1, 0.15) is 5.82 Å². The third-order valence-corrected chi connectivity index (χ3v) is 4.64. The van der Waals surface area contributed by atoms with Gasteiger partial charge in [-0.2, -0.15) is 0 Å². The molecule has 0 saturated heterocycles. The monoisotopic (exact) mass is 415 g/mol. The molecular weight excluding hydrogens is 389 g/mol. The largest absolute Gasteiger partial charge is 0.459 e. The van der Waals surface area contributed by atoms with Crippen molar-refractivity contribution in [3.8, 4) is 0 Å². The number of aliphatic hydroxyl groups is 1. The van der Waals surface area contributed by atoms with Crippen LogP contribution in [0.3, 0.4) is 0 Å². The fourth-order valence-electron chi connectivity index (χ4n) is 3.13. The van der Waals surface area contributed by atoms with E-state index in [0.717, 1.165) is 11.1 Å². The van der Waals surface area contributed by atoms with Crippen LogP contribution in [0.2, 0.25) is 0 Å². The number of hydrogen-bond acceptors (Lipinski definition) is 5. The Bertz CT molecular complexity index is 825. The summed E-state index contributed by atoms with van der Waals surface area (Å²) >= 11 is 0. The van der Waals surface area contributed by atoms with Gasteiger partial charge >= 0.3 is 0 Å². The number of carbonyl (C=O) groups excluding carboxylic acids is 1. The third-order valence-electron chi connectivity index (χ3n) is 4.64. The molecule has 1 aliphatic heterocycles. The van der Waals surface area contributed by atoms with E-state index >= 15 is 0 Å². The van der Waals surface area contributed by atoms with E-state index in [2.05, 4.69) is 5.32 Å². The smallest absolute Gasteiger partial charge is 0.286 e. The predicted octanol–water partition coefficient (Wildman–Crippen LogP) is 2.88. The van der Waals surface area contributed by atoms with E-state index in [1.54, 1.807) is 18.2 Å². The van der Waals surface area contributed by atoms with E-state index in [-0.39, 0.29) is 49.8 Å². The Hall–Kier alpha value is -2.74. The number of nitrogens with one attached hydrogen (secondary N) is 1. The highest BCUT2D eigenvalue weighted by atomic mass is 19.1. The van der Waals surface area contributed by atoms with Crippen molar-refractivity contribution in [1.29, 1.82) is 0 Å². The normalized spacial score (nSPS) is 18.4. The van der Waals surface area contributed by atoms with Crippen molar-refractivity contribution < 1.29 is 28.5 Å². The minimum absolute atomic E-state index is 0.0325. The molecule has 0 saturated carbocycles. The average molecular weight is 415 g/mol. The molecule has 30 heavy (non-hydrogen) atoms. The highest BCUT2D eigenvalue weighted by Gasteiger charge is 2.28. The number of rotatable bonds is 10. The molecule has 7 heteroatoms. The molecule has 0 fully saturated rings. The van der Waals surface area contributed by atoms with Crippen LogP contribution in [0.4, 0.5) is 4.39 Å². The molecule has 2 N–H and O–H groups in total. The van der Waals surface area contributed by atoms with Gasteiger partial charge in [-0.25, -0.2) is 4.39 Å². The molecule has 3 rings (SSSR count). The number of carbonyl (C=O) groups is 1. The fourth-order valence-corrected chi connectivity index (χ4v) is 3.13. The van der Waals surface area contributed by atoms with Crippen molar-refractivity contribution in [2.24, 2.45) is 0 Å². The van der Waals surface area contributed by atoms with E-state index < -0.39 is 6.29 Å². The first kappa shape index (κ1) is 22.0. The number of hydrogen-bond donors (Lipinski definition) is 2. The molecule has 160 valence electrons. The molecule has 6 nitrogen and oxygen atoms in total. The molecule has 0 radical (unpaired) electrons. The summed E-state index contributed by atoms with van der Waals surface area (Å²) in [7, 11) is 0. The zero-order chi connectivity index (χ0) is 21.2. The average Bonchev–Trinajstić information content (AvgIpc) is 2.79. The Kier molecular flexibility index (Phi) is 8.38. The molecule has 1 heterocycles. The molecule has 0 aromatic heterocycles. The highest BCUT2D eigenvalue weighted by molar-refractivity contribution is 5.91. The second-order valence-electron chi connectivity index (χ2n) is 6.85. The van der Waals surface area contributed by atoms with Crippen LogP contribution in [-0.2, 0) is 25.5 Å². The first-order chi connectivity index (χ1) is 14.7. The summed E-state index contributed by atoms with van der Waals surface area (Å²) in [4.78, 5) is 12.7. The maximum Gasteiger partial charge on any atom is 0.286 e. The van der Waals surface area contributed by atoms with Crippen LogP contribution >= 0.6 is 0 Å². The maximum atomic E-state index is 13.0. The Morgan fingerprint density at radius 2 is 1.87 bits per heavy atom. The van der Waals surface area contributed by atoms with E-state index in [9.17, 15) is 9.18 Å². The second-order valence-corrected chi connectivity index (χ2v) is 6.85. The van der Waals surface area contributed by atoms with Gasteiger partial charge in [-0.3, -0.25) is 4.79 Å². The first-order valence-electron chi connectivity index (χ1n) is 9.92. The lowest BCUT2D eigenvalue weighted by molar-refractivity contribution is -0.151. The summed E-state index contributed by atoms with van der Waals surface area (Å²) in [5, 5.41) is 11.6. The zero-order valence-corrected chi connectivity index (χ0v) is 16.6. The minimum Gasteiger partial charge on any atom is -0.459 e. The number of ether oxygens (including phenoxy) is 3. The molecule has 1 aliphatic rings. The van der Waals surface area contributed by atoms with E-state index in [0.29, 0.717) is 13.0 Å². The molecule has 0 spiro atoms. The number of aliphatic hydroxyl groups excluding tert-OH is 1. The molecule has 1 amide bonds. The van der Waals surface area contributed by atoms with Gasteiger partial charge in [0, 0.05) is 18.9 Å². The lowest BCUT2D eigenvalue weighted by Crippen LogP contribution is -2.33. The van der Waals surface area contributed by atoms with Crippen molar-refractivity contribution in [3.63, 3.8) is 0 Å². The zero-order valence-electron chi connectivity index (χ0n) is 16.6. The van der Waals surface area contributed by atoms with E-state index in [1.807, 2.05) is 30.3 Å². The van der Waals surface area contributed by atoms with Crippen molar-refractivity contribution >= 4 is 5.91 Å². The lowest BCUT2D eigenvalue weighted by atomic mass is 9.93. The fraction of sp³-hybridized carbons (Fsp3) is 0.348. The number of halogens is 1. The molecule has 0 bridgehead atoms. The first-order valence-corrected chi connectivity index (χ1v) is 9.92. The van der Waals surface area contributed by atoms with Gasteiger partial charge in [0.2, 0.25) is 6.29 Å². The van der Waals surface area contributed by atoms with Crippen molar-refractivity contribution in [3.05, 3.63) is 83.4 Å². The predicted molar refractivity (Wildman–Crippen MR) is 109 cm³/mol. The molecule has 2 atom stereocenters. The van der Waals surface area contributed by atoms with Gasteiger partial charge in [0.15, 0.2) is 5.76 Å². The Morgan fingerprint density at radius 3 is 2.60 bits per heavy atom. The quantitative estimate of drug-likeness (QED) is 0.584. The summed E-state index contributed by atoms with van der Waals surface area (Å²) in [6, 6.07) is 15.8. The molecule has 2 aromatic carbocycles. The van der Waals surface area contributed by atoms with Crippen LogP contribution in [-0.4, -0.2) is 43.7 Å². The standard InChI is InChI=1S/C23H26FNO5/c24-20-8-6-17(7-9-20)16-25-23(27)21-14-19(18-4-2-1-3-5-18)15-22(30-21)29-13-12-28-11-10-26/h1-9,14,19,22,26H,10-13,15-16H2,(H,25,27). The lowest BCUT2D eigenvalue weighted by Gasteiger charge is -2.29. The number of allylic oxidation sites excluding steroid dienone is 1. The van der Waals surface area contributed by atoms with Crippen LogP contribution in [0, 0.1) is 5.82 Å². The van der Waals surface area contributed by atoms with Crippen molar-refractivity contribution in [2.75, 3.05) is 26.4 Å². The SMILES string of the molecule is O=C(NCc1ccc(F)cc1)C1=CC(c2ccccc2)CC(OCCOCCO)O1. The van der Waals surface area contributed by atoms with Gasteiger partial charge in [-0.15, -0.1) is 0 Å². The maximum absolute atomic E-state index is 13.0. The summed E-state index contributed by atoms with van der Waals surface area (Å²) in [6.07, 6.45) is 1.78. The van der Waals surface area contributed by atoms with Gasteiger partial charge in [-0.05, 0) is 29.3 Å². The van der Waals surface area contributed by atoms with Crippen LogP contribution < -0.4 is 5.32 Å². The van der Waals surface area contributed by atoms with E-state index in [1.165, 1.54) is 12.1 Å². The molecular formula is C23H26FNO5. The summed E-state index contributed by atoms with van der Waals surface area (Å²) < 4.78 is 29.8. The molecule has 0 aliphatic carbocycles. The molecule has 2 unspecified atom stereocenters. The number of benzene rings is 2. The Morgan fingerprint density at radius 1 is 1.10 bits per heavy atom. The van der Waals surface area contributed by atoms with Crippen LogP contribution in [0.5, 0.6) is 0 Å². The topological polar surface area (TPSA) is 77.0 Å². The van der Waals surface area contributed by atoms with Crippen LogP contribution in [0.15, 0.2) is 66.4 Å². The van der Waals surface area contributed by atoms with Gasteiger partial charge in [0.05, 0.1) is 26.4 Å². The Balaban J connectivity index is 1.63. The third kappa shape index (κ3) is 6.66. The minimum atomic E-state index is -0.593. The van der Waals surface area contributed by atoms with E-state index in [4.69, 9.17) is 19.3 Å². The Labute approximate surface area is 175 Å². The summed E-state index contributed by atoms with van der Waals surface area (Å²) in [5.41, 5.74) is 1.85. The molecule has 2 aromatic rings.